The average Bonchev–Trinajstić information content (AvgIpc) is 3.61. The number of carbonyl (C=O) groups is 6. The molecule has 0 bridgehead atoms. The summed E-state index contributed by atoms with van der Waals surface area (Å²) in [5, 5.41) is 5.76. The fraction of sp³-hybridized carbons (Fsp3) is 0.650. The fourth-order valence-corrected chi connectivity index (χ4v) is 6.92. The molecule has 2 heterocycles. The summed E-state index contributed by atoms with van der Waals surface area (Å²) in [5.74, 6) is -5.42. The third-order valence-electron chi connectivity index (χ3n) is 10.4. The summed E-state index contributed by atoms with van der Waals surface area (Å²) >= 11 is 0. The first-order valence-electron chi connectivity index (χ1n) is 18.9. The molecule has 12 heteroatoms. The van der Waals surface area contributed by atoms with Crippen molar-refractivity contribution in [3.8, 4) is 0 Å². The van der Waals surface area contributed by atoms with Gasteiger partial charge < -0.3 is 29.9 Å². The molecule has 2 aliphatic rings. The van der Waals surface area contributed by atoms with Gasteiger partial charge in [-0.15, -0.1) is 6.58 Å². The fourth-order valence-electron chi connectivity index (χ4n) is 6.92. The van der Waals surface area contributed by atoms with Crippen LogP contribution in [0.25, 0.3) is 0 Å². The minimum absolute atomic E-state index is 0.0519. The van der Waals surface area contributed by atoms with Crippen LogP contribution in [0.3, 0.4) is 0 Å². The third kappa shape index (κ3) is 10.7. The molecule has 52 heavy (non-hydrogen) atoms. The second kappa shape index (κ2) is 19.6. The maximum absolute atomic E-state index is 14.3. The number of nitrogens with one attached hydrogen (secondary N) is 2. The number of amides is 4. The van der Waals surface area contributed by atoms with Crippen LogP contribution in [0.15, 0.2) is 43.0 Å². The zero-order valence-corrected chi connectivity index (χ0v) is 32.3. The van der Waals surface area contributed by atoms with Gasteiger partial charge in [0.2, 0.25) is 17.7 Å². The van der Waals surface area contributed by atoms with Crippen LogP contribution in [0.4, 0.5) is 0 Å². The summed E-state index contributed by atoms with van der Waals surface area (Å²) in [5.41, 5.74) is 0.747. The van der Waals surface area contributed by atoms with Crippen LogP contribution in [0, 0.1) is 23.7 Å². The van der Waals surface area contributed by atoms with Crippen LogP contribution in [0.5, 0.6) is 0 Å². The van der Waals surface area contributed by atoms with E-state index in [4.69, 9.17) is 9.47 Å². The Morgan fingerprint density at radius 1 is 0.885 bits per heavy atom. The predicted molar refractivity (Wildman–Crippen MR) is 197 cm³/mol. The van der Waals surface area contributed by atoms with Gasteiger partial charge in [0.15, 0.2) is 6.10 Å². The maximum Gasteiger partial charge on any atom is 0.329 e. The van der Waals surface area contributed by atoms with Gasteiger partial charge in [0.25, 0.3) is 5.91 Å². The monoisotopic (exact) mass is 724 g/mol. The van der Waals surface area contributed by atoms with E-state index in [1.54, 1.807) is 40.7 Å². The molecule has 2 fully saturated rings. The Morgan fingerprint density at radius 2 is 1.54 bits per heavy atom. The van der Waals surface area contributed by atoms with E-state index in [1.165, 1.54) is 16.8 Å². The van der Waals surface area contributed by atoms with Crippen molar-refractivity contribution >= 4 is 35.6 Å². The Bertz CT molecular complexity index is 1420. The number of cyclic esters (lactones) is 2. The van der Waals surface area contributed by atoms with Gasteiger partial charge in [-0.05, 0) is 55.4 Å². The summed E-state index contributed by atoms with van der Waals surface area (Å²) in [7, 11) is 1.49. The number of unbranched alkanes of at least 4 members (excludes halogenated alkanes) is 1. The molecular formula is C40H60N4O8. The molecule has 4 amide bonds. The number of ether oxygens (including phenoxy) is 2. The van der Waals surface area contributed by atoms with Crippen molar-refractivity contribution in [2.24, 2.45) is 23.7 Å². The number of benzene rings is 1. The molecule has 1 aromatic rings. The Hall–Kier alpha value is -4.22. The van der Waals surface area contributed by atoms with Crippen molar-refractivity contribution in [2.75, 3.05) is 13.6 Å². The first kappa shape index (κ1) is 42.2. The quantitative estimate of drug-likeness (QED) is 0.207. The number of likely N-dealkylation sites (N-methyl/N-ethyl adjacent to an activating group) is 1. The van der Waals surface area contributed by atoms with E-state index in [9.17, 15) is 28.8 Å². The second-order valence-corrected chi connectivity index (χ2v) is 15.0. The third-order valence-corrected chi connectivity index (χ3v) is 10.4. The molecule has 3 rings (SSSR count). The van der Waals surface area contributed by atoms with Crippen molar-refractivity contribution in [1.29, 1.82) is 0 Å². The molecule has 0 unspecified atom stereocenters. The van der Waals surface area contributed by atoms with E-state index in [-0.39, 0.29) is 24.8 Å². The molecular weight excluding hydrogens is 664 g/mol. The lowest BCUT2D eigenvalue weighted by atomic mass is 9.94. The van der Waals surface area contributed by atoms with Crippen molar-refractivity contribution in [1.82, 2.24) is 20.4 Å². The Labute approximate surface area is 309 Å². The first-order chi connectivity index (χ1) is 24.6. The lowest BCUT2D eigenvalue weighted by Gasteiger charge is -2.35. The lowest BCUT2D eigenvalue weighted by molar-refractivity contribution is -0.168. The largest absolute Gasteiger partial charge is 0.460 e. The summed E-state index contributed by atoms with van der Waals surface area (Å²) in [4.78, 5) is 87.0. The summed E-state index contributed by atoms with van der Waals surface area (Å²) < 4.78 is 12.1. The first-order valence-corrected chi connectivity index (χ1v) is 18.9. The highest BCUT2D eigenvalue weighted by atomic mass is 16.6. The van der Waals surface area contributed by atoms with Gasteiger partial charge in [0, 0.05) is 20.0 Å². The molecule has 0 radical (unpaired) electrons. The number of hydrogen-bond acceptors (Lipinski definition) is 8. The molecule has 2 saturated heterocycles. The Morgan fingerprint density at radius 3 is 2.13 bits per heavy atom. The second-order valence-electron chi connectivity index (χ2n) is 15.0. The van der Waals surface area contributed by atoms with E-state index in [0.717, 1.165) is 5.56 Å². The van der Waals surface area contributed by atoms with E-state index >= 15 is 0 Å². The SMILES string of the molecule is C=CCCC[C@H]1OC(=O)[C@H]([C@H](C)CC)NC(=O)[C@@H]2CCCN2C(=O)[C@@H](Cc2ccccc2)OC(=O)[C@@H](C(C)C)N(C)C(=O)[C@H](C(C)C)NC(=O)[C@@H]1C. The molecule has 0 aliphatic carbocycles. The molecule has 0 spiro atoms. The number of allylic oxidation sites excluding steroid dienone is 1. The van der Waals surface area contributed by atoms with Gasteiger partial charge in [-0.1, -0.05) is 91.3 Å². The van der Waals surface area contributed by atoms with Gasteiger partial charge in [-0.2, -0.15) is 0 Å². The van der Waals surface area contributed by atoms with Crippen LogP contribution in [0.2, 0.25) is 0 Å². The average molecular weight is 725 g/mol. The number of hydrogen-bond donors (Lipinski definition) is 2. The Kier molecular flexibility index (Phi) is 15.9. The number of esters is 2. The van der Waals surface area contributed by atoms with Crippen LogP contribution >= 0.6 is 0 Å². The highest BCUT2D eigenvalue weighted by molar-refractivity contribution is 5.95. The molecule has 1 aromatic carbocycles. The van der Waals surface area contributed by atoms with Gasteiger partial charge in [0.05, 0.1) is 5.92 Å². The van der Waals surface area contributed by atoms with E-state index < -0.39 is 83.8 Å². The minimum Gasteiger partial charge on any atom is -0.460 e. The van der Waals surface area contributed by atoms with Crippen LogP contribution in [0.1, 0.15) is 92.6 Å². The van der Waals surface area contributed by atoms with E-state index in [2.05, 4.69) is 17.2 Å². The Balaban J connectivity index is 2.14. The highest BCUT2D eigenvalue weighted by Gasteiger charge is 2.44. The van der Waals surface area contributed by atoms with Crippen molar-refractivity contribution < 1.29 is 38.2 Å². The zero-order chi connectivity index (χ0) is 38.7. The van der Waals surface area contributed by atoms with Crippen LogP contribution in [-0.4, -0.2) is 95.3 Å². The normalized spacial score (nSPS) is 27.9. The molecule has 8 atom stereocenters. The highest BCUT2D eigenvalue weighted by Crippen LogP contribution is 2.25. The predicted octanol–water partition coefficient (Wildman–Crippen LogP) is 4.20. The standard InChI is InChI=1S/C40H60N4O8/c1-10-12-14-21-30-27(8)35(45)41-32(24(3)4)38(48)43(9)34(25(5)6)40(50)52-31(23-28-18-15-13-16-19-28)37(47)44-22-17-20-29(44)36(46)42-33(26(7)11-2)39(49)51-30/h10,13,15-16,18-19,24-27,29-34H,1,11-12,14,17,20-23H2,2-9H3,(H,41,45)(H,42,46)/t26-,27-,29+,30-,31-,32+,33+,34-/m1/s1. The van der Waals surface area contributed by atoms with Crippen molar-refractivity contribution in [2.45, 2.75) is 130 Å². The number of fused-ring (bicyclic) bond motifs is 1. The minimum atomic E-state index is -1.29. The van der Waals surface area contributed by atoms with E-state index in [1.807, 2.05) is 44.2 Å². The summed E-state index contributed by atoms with van der Waals surface area (Å²) in [6.45, 7) is 16.6. The molecule has 0 aromatic heterocycles. The van der Waals surface area contributed by atoms with Crippen LogP contribution < -0.4 is 10.6 Å². The molecule has 0 saturated carbocycles. The molecule has 288 valence electrons. The number of nitrogens with zero attached hydrogens (tertiary/aromatic N) is 2. The maximum atomic E-state index is 14.3. The van der Waals surface area contributed by atoms with E-state index in [0.29, 0.717) is 38.5 Å². The lowest BCUT2D eigenvalue weighted by Crippen LogP contribution is -2.57. The smallest absolute Gasteiger partial charge is 0.329 e. The topological polar surface area (TPSA) is 151 Å². The van der Waals surface area contributed by atoms with Crippen LogP contribution in [-0.2, 0) is 44.7 Å². The van der Waals surface area contributed by atoms with Gasteiger partial charge in [-0.25, -0.2) is 9.59 Å². The summed E-state index contributed by atoms with van der Waals surface area (Å²) in [6.07, 6.45) is 2.66. The molecule has 2 aliphatic heterocycles. The number of rotatable bonds is 10. The molecule has 12 nitrogen and oxygen atoms in total. The van der Waals surface area contributed by atoms with Gasteiger partial charge in [-0.3, -0.25) is 19.2 Å². The van der Waals surface area contributed by atoms with Crippen molar-refractivity contribution in [3.63, 3.8) is 0 Å². The zero-order valence-electron chi connectivity index (χ0n) is 32.3. The molecule has 2 N–H and O–H groups in total. The van der Waals surface area contributed by atoms with Gasteiger partial charge in [0.1, 0.15) is 30.3 Å². The van der Waals surface area contributed by atoms with Gasteiger partial charge >= 0.3 is 11.9 Å². The summed E-state index contributed by atoms with van der Waals surface area (Å²) in [6, 6.07) is 5.07. The van der Waals surface area contributed by atoms with Crippen molar-refractivity contribution in [3.05, 3.63) is 48.6 Å². The number of carbonyl (C=O) groups excluding carboxylic acids is 6.